The van der Waals surface area contributed by atoms with E-state index in [0.29, 0.717) is 29.4 Å². The summed E-state index contributed by atoms with van der Waals surface area (Å²) in [6, 6.07) is 12.6. The van der Waals surface area contributed by atoms with E-state index in [9.17, 15) is 4.79 Å². The Kier molecular flexibility index (Phi) is 8.00. The number of benzene rings is 2. The van der Waals surface area contributed by atoms with Gasteiger partial charge < -0.3 is 18.9 Å². The van der Waals surface area contributed by atoms with Gasteiger partial charge in [-0.25, -0.2) is 0 Å². The maximum Gasteiger partial charge on any atom is 0.260 e. The topological polar surface area (TPSA) is 57.2 Å². The number of amides is 1. The zero-order chi connectivity index (χ0) is 24.0. The number of carbonyl (C=O) groups is 1. The third kappa shape index (κ3) is 5.86. The van der Waals surface area contributed by atoms with Crippen molar-refractivity contribution in [3.8, 4) is 17.2 Å². The summed E-state index contributed by atoms with van der Waals surface area (Å²) >= 11 is 0. The Hall–Kier alpha value is -3.03. The van der Waals surface area contributed by atoms with Crippen LogP contribution in [0.3, 0.4) is 0 Å². The molecule has 3 rings (SSSR count). The second kappa shape index (κ2) is 10.7. The minimum Gasteiger partial charge on any atom is -0.493 e. The molecular formula is C26H33NO5Si. The molecule has 2 aromatic carbocycles. The molecule has 2 aromatic rings. The van der Waals surface area contributed by atoms with Crippen LogP contribution >= 0.6 is 0 Å². The third-order valence-electron chi connectivity index (χ3n) is 5.42. The molecular weight excluding hydrogens is 434 g/mol. The summed E-state index contributed by atoms with van der Waals surface area (Å²) in [7, 11) is 3.56. The molecule has 0 radical (unpaired) electrons. The van der Waals surface area contributed by atoms with Gasteiger partial charge in [-0.05, 0) is 35.9 Å². The Morgan fingerprint density at radius 1 is 0.970 bits per heavy atom. The zero-order valence-electron chi connectivity index (χ0n) is 20.3. The van der Waals surface area contributed by atoms with Gasteiger partial charge in [0.1, 0.15) is 6.73 Å². The molecule has 176 valence electrons. The first kappa shape index (κ1) is 24.6. The lowest BCUT2D eigenvalue weighted by Crippen LogP contribution is -2.30. The number of nitrogens with zero attached hydrogens (tertiary/aromatic N) is 1. The Balaban J connectivity index is 1.81. The lowest BCUT2D eigenvalue weighted by atomic mass is 10.1. The van der Waals surface area contributed by atoms with Crippen molar-refractivity contribution in [2.24, 2.45) is 0 Å². The number of fused-ring (bicyclic) bond motifs is 1. The SMILES string of the molecule is COc1cc(/C=C/C=C2/C(=O)N(COCC[Si](C)(C)C)c3ccccc32)cc(OC)c1OC. The predicted molar refractivity (Wildman–Crippen MR) is 136 cm³/mol. The molecule has 0 bridgehead atoms. The number of rotatable bonds is 10. The average molecular weight is 468 g/mol. The van der Waals surface area contributed by atoms with E-state index < -0.39 is 8.07 Å². The van der Waals surface area contributed by atoms with Gasteiger partial charge in [0, 0.05) is 25.8 Å². The van der Waals surface area contributed by atoms with Crippen molar-refractivity contribution in [2.45, 2.75) is 25.7 Å². The van der Waals surface area contributed by atoms with E-state index in [4.69, 9.17) is 18.9 Å². The first-order chi connectivity index (χ1) is 15.8. The normalized spacial score (nSPS) is 14.8. The van der Waals surface area contributed by atoms with Gasteiger partial charge in [-0.15, -0.1) is 0 Å². The smallest absolute Gasteiger partial charge is 0.260 e. The minimum absolute atomic E-state index is 0.0567. The first-order valence-corrected chi connectivity index (χ1v) is 14.7. The summed E-state index contributed by atoms with van der Waals surface area (Å²) in [5.41, 5.74) is 3.29. The number of carbonyl (C=O) groups excluding carboxylic acids is 1. The second-order valence-corrected chi connectivity index (χ2v) is 14.6. The van der Waals surface area contributed by atoms with Gasteiger partial charge in [-0.2, -0.15) is 0 Å². The summed E-state index contributed by atoms with van der Waals surface area (Å²) < 4.78 is 22.1. The van der Waals surface area contributed by atoms with Crippen LogP contribution in [0.25, 0.3) is 11.6 Å². The molecule has 0 N–H and O–H groups in total. The molecule has 0 saturated carbocycles. The van der Waals surface area contributed by atoms with Crippen LogP contribution in [0.5, 0.6) is 17.2 Å². The first-order valence-electron chi connectivity index (χ1n) is 11.0. The number of methoxy groups -OCH3 is 3. The van der Waals surface area contributed by atoms with Crippen molar-refractivity contribution < 1.29 is 23.7 Å². The molecule has 7 heteroatoms. The lowest BCUT2D eigenvalue weighted by Gasteiger charge is -2.19. The fourth-order valence-corrected chi connectivity index (χ4v) is 4.34. The van der Waals surface area contributed by atoms with E-state index >= 15 is 0 Å². The number of hydrogen-bond donors (Lipinski definition) is 0. The van der Waals surface area contributed by atoms with Crippen LogP contribution in [0, 0.1) is 0 Å². The van der Waals surface area contributed by atoms with E-state index in [1.54, 1.807) is 26.2 Å². The highest BCUT2D eigenvalue weighted by Crippen LogP contribution is 2.39. The van der Waals surface area contributed by atoms with Crippen molar-refractivity contribution in [3.05, 3.63) is 59.7 Å². The Morgan fingerprint density at radius 3 is 2.24 bits per heavy atom. The van der Waals surface area contributed by atoms with Gasteiger partial charge in [-0.1, -0.05) is 50.0 Å². The van der Waals surface area contributed by atoms with Gasteiger partial charge in [0.15, 0.2) is 11.5 Å². The maximum atomic E-state index is 13.2. The van der Waals surface area contributed by atoms with Gasteiger partial charge in [0.05, 0.1) is 27.0 Å². The van der Waals surface area contributed by atoms with Crippen molar-refractivity contribution >= 4 is 31.3 Å². The Morgan fingerprint density at radius 2 is 1.64 bits per heavy atom. The molecule has 0 saturated heterocycles. The molecule has 1 heterocycles. The monoisotopic (exact) mass is 467 g/mol. The summed E-state index contributed by atoms with van der Waals surface area (Å²) in [4.78, 5) is 14.9. The number of hydrogen-bond acceptors (Lipinski definition) is 5. The lowest BCUT2D eigenvalue weighted by molar-refractivity contribution is -0.114. The fraction of sp³-hybridized carbons (Fsp3) is 0.346. The number of anilines is 1. The van der Waals surface area contributed by atoms with Crippen LogP contribution in [0.1, 0.15) is 11.1 Å². The molecule has 6 nitrogen and oxygen atoms in total. The highest BCUT2D eigenvalue weighted by Gasteiger charge is 2.31. The van der Waals surface area contributed by atoms with Crippen molar-refractivity contribution in [1.82, 2.24) is 0 Å². The maximum absolute atomic E-state index is 13.2. The molecule has 0 aromatic heterocycles. The quantitative estimate of drug-likeness (QED) is 0.264. The molecule has 0 fully saturated rings. The van der Waals surface area contributed by atoms with Crippen molar-refractivity contribution in [3.63, 3.8) is 0 Å². The van der Waals surface area contributed by atoms with E-state index in [0.717, 1.165) is 22.9 Å². The van der Waals surface area contributed by atoms with E-state index in [2.05, 4.69) is 19.6 Å². The number of allylic oxidation sites excluding steroid dienone is 2. The van der Waals surface area contributed by atoms with E-state index in [-0.39, 0.29) is 12.6 Å². The molecule has 0 unspecified atom stereocenters. The molecule has 1 aliphatic heterocycles. The standard InChI is InChI=1S/C26H33NO5Si/c1-29-23-16-19(17-24(30-2)25(23)31-3)10-9-12-21-20-11-7-8-13-22(20)27(26(21)28)18-32-14-15-33(4,5)6/h7-13,16-17H,14-15,18H2,1-6H3/b10-9+,21-12+. The molecule has 0 spiro atoms. The van der Waals surface area contributed by atoms with Crippen LogP contribution in [0.2, 0.25) is 25.7 Å². The minimum atomic E-state index is -1.18. The van der Waals surface area contributed by atoms with Gasteiger partial charge in [0.2, 0.25) is 5.75 Å². The van der Waals surface area contributed by atoms with Crippen molar-refractivity contribution in [1.29, 1.82) is 0 Å². The summed E-state index contributed by atoms with van der Waals surface area (Å²) in [6.45, 7) is 7.87. The highest BCUT2D eigenvalue weighted by atomic mass is 28.3. The average Bonchev–Trinajstić information content (AvgIpc) is 3.06. The number of para-hydroxylation sites is 1. The molecule has 0 aliphatic carbocycles. The van der Waals surface area contributed by atoms with E-state index in [1.807, 2.05) is 54.6 Å². The Bertz CT molecular complexity index is 1030. The Labute approximate surface area is 197 Å². The van der Waals surface area contributed by atoms with Crippen LogP contribution in [0.15, 0.2) is 48.6 Å². The molecule has 1 amide bonds. The molecule has 0 atom stereocenters. The number of ether oxygens (including phenoxy) is 4. The molecule has 1 aliphatic rings. The fourth-order valence-electron chi connectivity index (χ4n) is 3.58. The molecule has 33 heavy (non-hydrogen) atoms. The third-order valence-corrected chi connectivity index (χ3v) is 7.12. The van der Waals surface area contributed by atoms with Crippen molar-refractivity contribution in [2.75, 3.05) is 39.6 Å². The highest BCUT2D eigenvalue weighted by molar-refractivity contribution is 6.76. The summed E-state index contributed by atoms with van der Waals surface area (Å²) in [5.74, 6) is 1.64. The summed E-state index contributed by atoms with van der Waals surface area (Å²) in [6.07, 6.45) is 5.60. The van der Waals surface area contributed by atoms with Crippen LogP contribution in [-0.4, -0.2) is 48.6 Å². The van der Waals surface area contributed by atoms with Crippen LogP contribution in [0.4, 0.5) is 5.69 Å². The van der Waals surface area contributed by atoms with Gasteiger partial charge >= 0.3 is 0 Å². The van der Waals surface area contributed by atoms with E-state index in [1.165, 1.54) is 0 Å². The van der Waals surface area contributed by atoms with Crippen LogP contribution < -0.4 is 19.1 Å². The summed E-state index contributed by atoms with van der Waals surface area (Å²) in [5, 5.41) is 0. The van der Waals surface area contributed by atoms with Gasteiger partial charge in [0.25, 0.3) is 5.91 Å². The second-order valence-electron chi connectivity index (χ2n) is 9.00. The van der Waals surface area contributed by atoms with Crippen LogP contribution in [-0.2, 0) is 9.53 Å². The zero-order valence-corrected chi connectivity index (χ0v) is 21.3. The largest absolute Gasteiger partial charge is 0.493 e. The van der Waals surface area contributed by atoms with Gasteiger partial charge in [-0.3, -0.25) is 9.69 Å². The predicted octanol–water partition coefficient (Wildman–Crippen LogP) is 5.47.